The fraction of sp³-hybridized carbons (Fsp3) is 0.304. The van der Waals surface area contributed by atoms with E-state index in [4.69, 9.17) is 9.72 Å². The number of thioether (sulfide) groups is 1. The van der Waals surface area contributed by atoms with Crippen molar-refractivity contribution in [3.05, 3.63) is 64.2 Å². The number of morpholine rings is 1. The van der Waals surface area contributed by atoms with Gasteiger partial charge in [0.1, 0.15) is 0 Å². The number of nitro benzene ring substituents is 1. The number of hydrogen-bond donors (Lipinski definition) is 0. The zero-order valence-electron chi connectivity index (χ0n) is 18.6. The largest absolute Gasteiger partial charge is 0.379 e. The number of para-hydroxylation sites is 1. The van der Waals surface area contributed by atoms with Gasteiger partial charge in [-0.15, -0.1) is 24.2 Å². The lowest BCUT2D eigenvalue weighted by Crippen LogP contribution is -2.42. The smallest absolute Gasteiger partial charge is 0.269 e. The van der Waals surface area contributed by atoms with Gasteiger partial charge in [-0.05, 0) is 42.2 Å². The summed E-state index contributed by atoms with van der Waals surface area (Å²) in [6.45, 7) is 4.33. The molecule has 1 aliphatic heterocycles. The molecule has 1 aromatic heterocycles. The highest BCUT2D eigenvalue weighted by Crippen LogP contribution is 2.34. The molecule has 180 valence electrons. The lowest BCUT2D eigenvalue weighted by atomic mass is 10.2. The zero-order chi connectivity index (χ0) is 23.2. The second-order valence-corrected chi connectivity index (χ2v) is 9.29. The minimum atomic E-state index is -0.442. The summed E-state index contributed by atoms with van der Waals surface area (Å²) in [6, 6.07) is 12.2. The number of thiazole rings is 1. The number of ether oxygens (including phenoxy) is 1. The number of hydrogen-bond acceptors (Lipinski definition) is 8. The van der Waals surface area contributed by atoms with E-state index in [-0.39, 0.29) is 24.0 Å². The van der Waals surface area contributed by atoms with Crippen molar-refractivity contribution in [3.63, 3.8) is 0 Å². The molecule has 0 radical (unpaired) electrons. The average Bonchev–Trinajstić information content (AvgIpc) is 3.28. The number of carbonyl (C=O) groups is 1. The molecule has 0 aliphatic carbocycles. The van der Waals surface area contributed by atoms with Crippen LogP contribution in [0.5, 0.6) is 0 Å². The van der Waals surface area contributed by atoms with Gasteiger partial charge in [0.2, 0.25) is 0 Å². The highest BCUT2D eigenvalue weighted by atomic mass is 35.5. The van der Waals surface area contributed by atoms with Crippen LogP contribution in [0.2, 0.25) is 0 Å². The van der Waals surface area contributed by atoms with Crippen LogP contribution in [-0.4, -0.2) is 66.4 Å². The Morgan fingerprint density at radius 2 is 2.00 bits per heavy atom. The molecule has 0 saturated carbocycles. The monoisotopic (exact) mass is 520 g/mol. The second kappa shape index (κ2) is 12.3. The van der Waals surface area contributed by atoms with Crippen LogP contribution in [0.1, 0.15) is 5.56 Å². The number of non-ortho nitro benzene ring substituents is 1. The van der Waals surface area contributed by atoms with Crippen LogP contribution in [0, 0.1) is 10.1 Å². The van der Waals surface area contributed by atoms with E-state index in [0.717, 1.165) is 40.3 Å². The highest BCUT2D eigenvalue weighted by Gasteiger charge is 2.21. The second-order valence-electron chi connectivity index (χ2n) is 7.43. The van der Waals surface area contributed by atoms with E-state index in [0.29, 0.717) is 24.9 Å². The minimum absolute atomic E-state index is 0. The first-order valence-electron chi connectivity index (χ1n) is 10.5. The Bertz CT molecular complexity index is 1160. The highest BCUT2D eigenvalue weighted by molar-refractivity contribution is 7.98. The maximum Gasteiger partial charge on any atom is 0.269 e. The Hall–Kier alpha value is -2.50. The fourth-order valence-corrected chi connectivity index (χ4v) is 5.17. The first kappa shape index (κ1) is 26.1. The normalized spacial score (nSPS) is 14.3. The maximum absolute atomic E-state index is 13.2. The van der Waals surface area contributed by atoms with Crippen LogP contribution >= 0.6 is 35.5 Å². The Balaban J connectivity index is 0.00000324. The quantitative estimate of drug-likeness (QED) is 0.184. The van der Waals surface area contributed by atoms with E-state index in [1.54, 1.807) is 34.9 Å². The van der Waals surface area contributed by atoms with Crippen LogP contribution in [0.15, 0.2) is 53.4 Å². The van der Waals surface area contributed by atoms with Gasteiger partial charge in [0.05, 0.1) is 28.4 Å². The van der Waals surface area contributed by atoms with Gasteiger partial charge in [-0.25, -0.2) is 4.98 Å². The number of halogens is 1. The van der Waals surface area contributed by atoms with Gasteiger partial charge in [0.15, 0.2) is 5.13 Å². The summed E-state index contributed by atoms with van der Waals surface area (Å²) in [7, 11) is 0. The van der Waals surface area contributed by atoms with E-state index in [2.05, 4.69) is 4.90 Å². The molecule has 1 fully saturated rings. The molecule has 1 amide bonds. The molecule has 1 aliphatic rings. The first-order chi connectivity index (χ1) is 16.0. The number of rotatable bonds is 8. The molecule has 0 N–H and O–H groups in total. The number of amides is 1. The van der Waals surface area contributed by atoms with Crippen LogP contribution in [0.25, 0.3) is 16.3 Å². The van der Waals surface area contributed by atoms with Crippen molar-refractivity contribution >= 4 is 68.5 Å². The topological polar surface area (TPSA) is 88.8 Å². The zero-order valence-corrected chi connectivity index (χ0v) is 21.0. The average molecular weight is 521 g/mol. The van der Waals surface area contributed by atoms with E-state index in [9.17, 15) is 14.9 Å². The van der Waals surface area contributed by atoms with E-state index >= 15 is 0 Å². The number of nitro groups is 1. The number of carbonyl (C=O) groups excluding carboxylic acids is 1. The Labute approximate surface area is 212 Å². The molecule has 1 saturated heterocycles. The van der Waals surface area contributed by atoms with Crippen molar-refractivity contribution in [2.75, 3.05) is 50.5 Å². The van der Waals surface area contributed by atoms with Crippen molar-refractivity contribution in [1.29, 1.82) is 0 Å². The molecule has 34 heavy (non-hydrogen) atoms. The molecule has 2 aromatic carbocycles. The van der Waals surface area contributed by atoms with Crippen molar-refractivity contribution in [2.24, 2.45) is 0 Å². The van der Waals surface area contributed by atoms with Gasteiger partial charge in [-0.1, -0.05) is 17.4 Å². The van der Waals surface area contributed by atoms with Crippen molar-refractivity contribution in [2.45, 2.75) is 4.90 Å². The van der Waals surface area contributed by atoms with Gasteiger partial charge in [-0.2, -0.15) is 0 Å². The van der Waals surface area contributed by atoms with Crippen LogP contribution in [-0.2, 0) is 9.53 Å². The van der Waals surface area contributed by atoms with Crippen molar-refractivity contribution in [3.8, 4) is 0 Å². The summed E-state index contributed by atoms with van der Waals surface area (Å²) in [5.74, 6) is -0.175. The van der Waals surface area contributed by atoms with E-state index < -0.39 is 4.92 Å². The standard InChI is InChI=1S/C23H24N4O4S2.ClH/c1-32-19-3-2-4-20-22(19)24-23(33-20)26(12-11-25-13-15-31-16-14-25)21(28)10-7-17-5-8-18(9-6-17)27(29)30;/h2-10H,11-16H2,1H3;1H. The summed E-state index contributed by atoms with van der Waals surface area (Å²) in [6.07, 6.45) is 5.19. The van der Waals surface area contributed by atoms with Crippen LogP contribution in [0.4, 0.5) is 10.8 Å². The number of benzene rings is 2. The van der Waals surface area contributed by atoms with Gasteiger partial charge >= 0.3 is 0 Å². The maximum atomic E-state index is 13.2. The molecular formula is C23H25ClN4O4S2. The molecule has 0 unspecified atom stereocenters. The molecule has 11 heteroatoms. The summed E-state index contributed by atoms with van der Waals surface area (Å²) in [5, 5.41) is 11.5. The predicted octanol–water partition coefficient (Wildman–Crippen LogP) is 4.73. The summed E-state index contributed by atoms with van der Waals surface area (Å²) < 4.78 is 6.47. The summed E-state index contributed by atoms with van der Waals surface area (Å²) in [4.78, 5) is 33.5. The van der Waals surface area contributed by atoms with Crippen LogP contribution in [0.3, 0.4) is 0 Å². The Kier molecular flexibility index (Phi) is 9.43. The lowest BCUT2D eigenvalue weighted by Gasteiger charge is -2.28. The molecule has 2 heterocycles. The molecule has 0 atom stereocenters. The Morgan fingerprint density at radius 1 is 1.26 bits per heavy atom. The van der Waals surface area contributed by atoms with E-state index in [1.165, 1.54) is 29.5 Å². The Morgan fingerprint density at radius 3 is 2.68 bits per heavy atom. The van der Waals surface area contributed by atoms with Gasteiger partial charge in [0, 0.05) is 49.3 Å². The third kappa shape index (κ3) is 6.34. The van der Waals surface area contributed by atoms with E-state index in [1.807, 2.05) is 24.5 Å². The minimum Gasteiger partial charge on any atom is -0.379 e. The molecule has 0 bridgehead atoms. The number of fused-ring (bicyclic) bond motifs is 1. The lowest BCUT2D eigenvalue weighted by molar-refractivity contribution is -0.384. The van der Waals surface area contributed by atoms with Gasteiger partial charge < -0.3 is 4.74 Å². The molecule has 3 aromatic rings. The predicted molar refractivity (Wildman–Crippen MR) is 140 cm³/mol. The number of nitrogens with zero attached hydrogens (tertiary/aromatic N) is 4. The number of anilines is 1. The third-order valence-electron chi connectivity index (χ3n) is 5.35. The molecule has 4 rings (SSSR count). The molecule has 0 spiro atoms. The SMILES string of the molecule is CSc1cccc2sc(N(CCN3CCOCC3)C(=O)C=Cc3ccc([N+](=O)[O-])cc3)nc12.Cl. The first-order valence-corrected chi connectivity index (χ1v) is 12.6. The fourth-order valence-electron chi connectivity index (χ4n) is 3.52. The van der Waals surface area contributed by atoms with Crippen LogP contribution < -0.4 is 4.90 Å². The number of aromatic nitrogens is 1. The van der Waals surface area contributed by atoms with Crippen molar-refractivity contribution in [1.82, 2.24) is 9.88 Å². The summed E-state index contributed by atoms with van der Waals surface area (Å²) >= 11 is 3.14. The molecular weight excluding hydrogens is 496 g/mol. The molecule has 8 nitrogen and oxygen atoms in total. The van der Waals surface area contributed by atoms with Gasteiger partial charge in [0.25, 0.3) is 11.6 Å². The van der Waals surface area contributed by atoms with Gasteiger partial charge in [-0.3, -0.25) is 24.7 Å². The summed E-state index contributed by atoms with van der Waals surface area (Å²) in [5.41, 5.74) is 1.65. The third-order valence-corrected chi connectivity index (χ3v) is 7.17. The van der Waals surface area contributed by atoms with Crippen molar-refractivity contribution < 1.29 is 14.5 Å².